The number of aromatic nitrogens is 1. The van der Waals surface area contributed by atoms with Crippen LogP contribution >= 0.6 is 0 Å². The standard InChI is InChI=1S/C13H18N2.C7H8FN/c1-11(13-8-5-9-14-13)15-10-12-6-3-2-4-7-12;1-2-6-4-3-5-9-7(6)8/h2-4,6-7,13-15H,1,5,8-10H2;3-5H,2H2,1H3. The fourth-order valence-electron chi connectivity index (χ4n) is 2.60. The van der Waals surface area contributed by atoms with E-state index in [1.54, 1.807) is 12.1 Å². The SMILES string of the molecule is C=C(NCc1ccccc1)C1CCCN1.CCc1cccnc1F. The number of hydrogen-bond donors (Lipinski definition) is 2. The van der Waals surface area contributed by atoms with Crippen LogP contribution in [0.25, 0.3) is 0 Å². The van der Waals surface area contributed by atoms with Gasteiger partial charge < -0.3 is 10.6 Å². The van der Waals surface area contributed by atoms with Crippen molar-refractivity contribution in [1.29, 1.82) is 0 Å². The fourth-order valence-corrected chi connectivity index (χ4v) is 2.60. The van der Waals surface area contributed by atoms with Gasteiger partial charge in [-0.05, 0) is 37.4 Å². The lowest BCUT2D eigenvalue weighted by atomic mass is 10.1. The summed E-state index contributed by atoms with van der Waals surface area (Å²) in [6, 6.07) is 14.4. The molecule has 1 saturated heterocycles. The Balaban J connectivity index is 0.000000198. The number of benzene rings is 1. The van der Waals surface area contributed by atoms with E-state index in [1.165, 1.54) is 24.6 Å². The molecule has 128 valence electrons. The topological polar surface area (TPSA) is 37.0 Å². The molecule has 1 aliphatic heterocycles. The minimum absolute atomic E-state index is 0.347. The second-order valence-electron chi connectivity index (χ2n) is 5.82. The highest BCUT2D eigenvalue weighted by atomic mass is 19.1. The first kappa shape index (κ1) is 18.1. The Bertz CT molecular complexity index is 622. The molecule has 0 bridgehead atoms. The lowest BCUT2D eigenvalue weighted by Gasteiger charge is -2.16. The van der Waals surface area contributed by atoms with Crippen LogP contribution in [0.1, 0.15) is 30.9 Å². The Kier molecular flexibility index (Phi) is 7.43. The molecule has 0 saturated carbocycles. The largest absolute Gasteiger partial charge is 0.383 e. The number of halogens is 1. The van der Waals surface area contributed by atoms with Crippen LogP contribution in [0.4, 0.5) is 4.39 Å². The number of nitrogens with one attached hydrogen (secondary N) is 2. The zero-order valence-corrected chi connectivity index (χ0v) is 14.3. The highest BCUT2D eigenvalue weighted by Crippen LogP contribution is 2.11. The van der Waals surface area contributed by atoms with E-state index in [9.17, 15) is 4.39 Å². The third-order valence-electron chi connectivity index (χ3n) is 4.06. The Morgan fingerprint density at radius 1 is 1.29 bits per heavy atom. The Labute approximate surface area is 144 Å². The smallest absolute Gasteiger partial charge is 0.216 e. The van der Waals surface area contributed by atoms with E-state index in [2.05, 4.69) is 46.5 Å². The van der Waals surface area contributed by atoms with Crippen molar-refractivity contribution in [1.82, 2.24) is 15.6 Å². The Hall–Kier alpha value is -2.20. The first-order valence-corrected chi connectivity index (χ1v) is 8.50. The summed E-state index contributed by atoms with van der Waals surface area (Å²) in [4.78, 5) is 3.48. The van der Waals surface area contributed by atoms with Crippen molar-refractivity contribution in [2.75, 3.05) is 6.54 Å². The van der Waals surface area contributed by atoms with Crippen molar-refractivity contribution in [2.24, 2.45) is 0 Å². The molecule has 1 atom stereocenters. The van der Waals surface area contributed by atoms with Crippen molar-refractivity contribution in [3.8, 4) is 0 Å². The molecule has 4 heteroatoms. The lowest BCUT2D eigenvalue weighted by molar-refractivity contribution is 0.568. The highest BCUT2D eigenvalue weighted by Gasteiger charge is 2.16. The van der Waals surface area contributed by atoms with Gasteiger partial charge in [-0.25, -0.2) is 4.98 Å². The summed E-state index contributed by atoms with van der Waals surface area (Å²) in [7, 11) is 0. The van der Waals surface area contributed by atoms with Gasteiger partial charge in [0.2, 0.25) is 5.95 Å². The first-order valence-electron chi connectivity index (χ1n) is 8.50. The first-order chi connectivity index (χ1) is 11.7. The van der Waals surface area contributed by atoms with Gasteiger partial charge in [-0.3, -0.25) is 0 Å². The Morgan fingerprint density at radius 2 is 2.08 bits per heavy atom. The maximum Gasteiger partial charge on any atom is 0.216 e. The molecule has 0 amide bonds. The van der Waals surface area contributed by atoms with Crippen LogP contribution in [-0.4, -0.2) is 17.6 Å². The van der Waals surface area contributed by atoms with E-state index >= 15 is 0 Å². The van der Waals surface area contributed by atoms with E-state index in [0.29, 0.717) is 18.0 Å². The zero-order chi connectivity index (χ0) is 17.2. The summed E-state index contributed by atoms with van der Waals surface area (Å²) in [5, 5.41) is 6.81. The number of aryl methyl sites for hydroxylation is 1. The number of hydrogen-bond acceptors (Lipinski definition) is 3. The molecule has 0 radical (unpaired) electrons. The number of pyridine rings is 1. The van der Waals surface area contributed by atoms with Crippen LogP contribution in [-0.2, 0) is 13.0 Å². The van der Waals surface area contributed by atoms with E-state index < -0.39 is 0 Å². The maximum absolute atomic E-state index is 12.5. The predicted molar refractivity (Wildman–Crippen MR) is 97.0 cm³/mol. The quantitative estimate of drug-likeness (QED) is 0.820. The van der Waals surface area contributed by atoms with Crippen molar-refractivity contribution >= 4 is 0 Å². The summed E-state index contributed by atoms with van der Waals surface area (Å²) >= 11 is 0. The van der Waals surface area contributed by atoms with E-state index in [0.717, 1.165) is 18.8 Å². The van der Waals surface area contributed by atoms with Gasteiger partial charge in [0, 0.05) is 30.0 Å². The second-order valence-corrected chi connectivity index (χ2v) is 5.82. The van der Waals surface area contributed by atoms with Gasteiger partial charge in [0.15, 0.2) is 0 Å². The molecular formula is C20H26FN3. The van der Waals surface area contributed by atoms with Gasteiger partial charge in [-0.2, -0.15) is 4.39 Å². The van der Waals surface area contributed by atoms with Gasteiger partial charge in [0.25, 0.3) is 0 Å². The molecule has 1 fully saturated rings. The lowest BCUT2D eigenvalue weighted by Crippen LogP contribution is -2.30. The number of nitrogens with zero attached hydrogens (tertiary/aromatic N) is 1. The molecule has 1 aliphatic rings. The van der Waals surface area contributed by atoms with Crippen molar-refractivity contribution in [3.05, 3.63) is 78.0 Å². The average molecular weight is 327 g/mol. The molecular weight excluding hydrogens is 301 g/mol. The predicted octanol–water partition coefficient (Wildman–Crippen LogP) is 3.83. The van der Waals surface area contributed by atoms with Crippen LogP contribution in [0.3, 0.4) is 0 Å². The van der Waals surface area contributed by atoms with Crippen molar-refractivity contribution in [2.45, 2.75) is 38.8 Å². The molecule has 2 heterocycles. The Morgan fingerprint density at radius 3 is 2.67 bits per heavy atom. The molecule has 3 rings (SSSR count). The van der Waals surface area contributed by atoms with Gasteiger partial charge in [0.05, 0.1) is 0 Å². The van der Waals surface area contributed by atoms with Gasteiger partial charge in [-0.1, -0.05) is 49.9 Å². The minimum Gasteiger partial charge on any atom is -0.383 e. The monoisotopic (exact) mass is 327 g/mol. The van der Waals surface area contributed by atoms with Gasteiger partial charge in [0.1, 0.15) is 0 Å². The molecule has 0 aliphatic carbocycles. The average Bonchev–Trinajstić information content (AvgIpc) is 3.16. The summed E-state index contributed by atoms with van der Waals surface area (Å²) in [5.74, 6) is -0.347. The third-order valence-corrected chi connectivity index (χ3v) is 4.06. The van der Waals surface area contributed by atoms with Crippen LogP contribution in [0.2, 0.25) is 0 Å². The summed E-state index contributed by atoms with van der Waals surface area (Å²) in [5.41, 5.74) is 3.10. The fraction of sp³-hybridized carbons (Fsp3) is 0.350. The summed E-state index contributed by atoms with van der Waals surface area (Å²) < 4.78 is 12.5. The van der Waals surface area contributed by atoms with E-state index in [-0.39, 0.29) is 5.95 Å². The van der Waals surface area contributed by atoms with Crippen LogP contribution < -0.4 is 10.6 Å². The van der Waals surface area contributed by atoms with Crippen molar-refractivity contribution in [3.63, 3.8) is 0 Å². The molecule has 2 N–H and O–H groups in total. The zero-order valence-electron chi connectivity index (χ0n) is 14.3. The second kappa shape index (κ2) is 9.83. The van der Waals surface area contributed by atoms with Gasteiger partial charge >= 0.3 is 0 Å². The highest BCUT2D eigenvalue weighted by molar-refractivity contribution is 5.16. The molecule has 2 aromatic rings. The summed E-state index contributed by atoms with van der Waals surface area (Å²) in [6.45, 7) is 7.98. The number of rotatable bonds is 5. The van der Waals surface area contributed by atoms with Gasteiger partial charge in [-0.15, -0.1) is 0 Å². The van der Waals surface area contributed by atoms with Crippen LogP contribution in [0.15, 0.2) is 60.9 Å². The molecule has 24 heavy (non-hydrogen) atoms. The van der Waals surface area contributed by atoms with Crippen molar-refractivity contribution < 1.29 is 4.39 Å². The third kappa shape index (κ3) is 5.78. The van der Waals surface area contributed by atoms with Crippen LogP contribution in [0.5, 0.6) is 0 Å². The normalized spacial score (nSPS) is 16.2. The molecule has 0 spiro atoms. The van der Waals surface area contributed by atoms with Crippen LogP contribution in [0, 0.1) is 5.95 Å². The molecule has 1 aromatic carbocycles. The molecule has 1 aromatic heterocycles. The molecule has 1 unspecified atom stereocenters. The maximum atomic E-state index is 12.5. The minimum atomic E-state index is -0.347. The molecule has 3 nitrogen and oxygen atoms in total. The summed E-state index contributed by atoms with van der Waals surface area (Å²) in [6.07, 6.45) is 4.63. The van der Waals surface area contributed by atoms with E-state index in [4.69, 9.17) is 0 Å². The van der Waals surface area contributed by atoms with E-state index in [1.807, 2.05) is 13.0 Å².